The molecule has 5 nitrogen and oxygen atoms in total. The lowest BCUT2D eigenvalue weighted by Crippen LogP contribution is -2.26. The topological polar surface area (TPSA) is 56.1 Å². The van der Waals surface area contributed by atoms with Gasteiger partial charge in [0, 0.05) is 29.5 Å². The molecule has 0 saturated heterocycles. The molecule has 0 aliphatic carbocycles. The molecule has 170 valence electrons. The number of benzene rings is 3. The van der Waals surface area contributed by atoms with Crippen molar-refractivity contribution in [3.8, 4) is 5.75 Å². The molecule has 0 bridgehead atoms. The molecular formula is C27H28BrN3O2. The molecule has 1 heterocycles. The summed E-state index contributed by atoms with van der Waals surface area (Å²) in [6, 6.07) is 23.8. The first-order chi connectivity index (χ1) is 16.1. The van der Waals surface area contributed by atoms with Gasteiger partial charge in [0.05, 0.1) is 17.6 Å². The van der Waals surface area contributed by atoms with Crippen LogP contribution in [0.5, 0.6) is 5.75 Å². The highest BCUT2D eigenvalue weighted by atomic mass is 79.9. The van der Waals surface area contributed by atoms with E-state index in [2.05, 4.69) is 50.9 Å². The molecule has 33 heavy (non-hydrogen) atoms. The highest BCUT2D eigenvalue weighted by Gasteiger charge is 2.11. The van der Waals surface area contributed by atoms with Gasteiger partial charge in [-0.15, -0.1) is 0 Å². The summed E-state index contributed by atoms with van der Waals surface area (Å²) in [7, 11) is 0. The highest BCUT2D eigenvalue weighted by Crippen LogP contribution is 2.18. The molecule has 0 aliphatic rings. The number of hydrogen-bond acceptors (Lipinski definition) is 3. The lowest BCUT2D eigenvalue weighted by atomic mass is 10.2. The smallest absolute Gasteiger partial charge is 0.251 e. The van der Waals surface area contributed by atoms with Gasteiger partial charge in [0.1, 0.15) is 11.6 Å². The van der Waals surface area contributed by atoms with Crippen LogP contribution in [-0.4, -0.2) is 28.6 Å². The van der Waals surface area contributed by atoms with E-state index in [1.807, 2.05) is 54.6 Å². The van der Waals surface area contributed by atoms with E-state index < -0.39 is 0 Å². The zero-order chi connectivity index (χ0) is 23.0. The number of carbonyl (C=O) groups excluding carboxylic acids is 1. The molecule has 0 aliphatic heterocycles. The van der Waals surface area contributed by atoms with E-state index in [1.54, 1.807) is 0 Å². The van der Waals surface area contributed by atoms with Crippen LogP contribution in [0.1, 0.15) is 35.1 Å². The Morgan fingerprint density at radius 3 is 2.55 bits per heavy atom. The lowest BCUT2D eigenvalue weighted by Gasteiger charge is -2.11. The van der Waals surface area contributed by atoms with E-state index in [4.69, 9.17) is 9.72 Å². The van der Waals surface area contributed by atoms with Crippen molar-refractivity contribution in [2.75, 3.05) is 13.2 Å². The number of ether oxygens (including phenoxy) is 1. The van der Waals surface area contributed by atoms with Gasteiger partial charge in [0.15, 0.2) is 0 Å². The van der Waals surface area contributed by atoms with Gasteiger partial charge in [-0.25, -0.2) is 4.98 Å². The lowest BCUT2D eigenvalue weighted by molar-refractivity contribution is 0.0954. The van der Waals surface area contributed by atoms with Crippen LogP contribution in [0.25, 0.3) is 11.0 Å². The summed E-state index contributed by atoms with van der Waals surface area (Å²) in [4.78, 5) is 17.2. The third kappa shape index (κ3) is 6.02. The molecule has 1 aromatic heterocycles. The molecule has 4 rings (SSSR count). The highest BCUT2D eigenvalue weighted by molar-refractivity contribution is 9.10. The molecule has 4 aromatic rings. The molecule has 0 atom stereocenters. The largest absolute Gasteiger partial charge is 0.494 e. The number of aromatic nitrogens is 2. The third-order valence-electron chi connectivity index (χ3n) is 5.60. The number of amides is 1. The maximum absolute atomic E-state index is 12.4. The normalized spacial score (nSPS) is 11.0. The Kier molecular flexibility index (Phi) is 7.79. The standard InChI is InChI=1S/C27H28BrN3O2/c1-2-20-8-14-23(15-9-20)33-19-5-18-31-25-7-4-3-6-24(25)30-26(31)16-17-29-27(32)21-10-12-22(28)13-11-21/h3-4,6-15H,2,5,16-19H2,1H3,(H,29,32). The van der Waals surface area contributed by atoms with Gasteiger partial charge in [0.25, 0.3) is 5.91 Å². The minimum atomic E-state index is -0.0762. The maximum Gasteiger partial charge on any atom is 0.251 e. The first-order valence-corrected chi connectivity index (χ1v) is 12.1. The minimum absolute atomic E-state index is 0.0762. The molecule has 0 fully saturated rings. The molecule has 6 heteroatoms. The Morgan fingerprint density at radius 2 is 1.79 bits per heavy atom. The molecule has 0 unspecified atom stereocenters. The fourth-order valence-corrected chi connectivity index (χ4v) is 4.06. The number of halogens is 1. The van der Waals surface area contributed by atoms with Crippen molar-refractivity contribution in [1.82, 2.24) is 14.9 Å². The number of nitrogens with zero attached hydrogens (tertiary/aromatic N) is 2. The van der Waals surface area contributed by atoms with Gasteiger partial charge in [-0.1, -0.05) is 47.1 Å². The minimum Gasteiger partial charge on any atom is -0.494 e. The number of aryl methyl sites for hydroxylation is 2. The van der Waals surface area contributed by atoms with Crippen LogP contribution in [0.3, 0.4) is 0 Å². The molecule has 0 spiro atoms. The summed E-state index contributed by atoms with van der Waals surface area (Å²) in [5, 5.41) is 3.00. The predicted molar refractivity (Wildman–Crippen MR) is 136 cm³/mol. The predicted octanol–water partition coefficient (Wildman–Crippen LogP) is 5.80. The molecule has 0 saturated carbocycles. The van der Waals surface area contributed by atoms with Crippen molar-refractivity contribution in [2.24, 2.45) is 0 Å². The first kappa shape index (κ1) is 23.1. The monoisotopic (exact) mass is 505 g/mol. The van der Waals surface area contributed by atoms with Gasteiger partial charge >= 0.3 is 0 Å². The number of rotatable bonds is 10. The van der Waals surface area contributed by atoms with E-state index in [-0.39, 0.29) is 5.91 Å². The molecule has 0 radical (unpaired) electrons. The Balaban J connectivity index is 1.35. The van der Waals surface area contributed by atoms with Crippen molar-refractivity contribution >= 4 is 32.9 Å². The van der Waals surface area contributed by atoms with Crippen LogP contribution in [0, 0.1) is 0 Å². The average Bonchev–Trinajstić information content (AvgIpc) is 3.20. The number of nitrogens with one attached hydrogen (secondary N) is 1. The van der Waals surface area contributed by atoms with Crippen molar-refractivity contribution in [2.45, 2.75) is 32.7 Å². The molecule has 1 amide bonds. The Hall–Kier alpha value is -3.12. The second-order valence-electron chi connectivity index (χ2n) is 7.88. The van der Waals surface area contributed by atoms with Crippen molar-refractivity contribution < 1.29 is 9.53 Å². The van der Waals surface area contributed by atoms with Crippen LogP contribution >= 0.6 is 15.9 Å². The van der Waals surface area contributed by atoms with Crippen LogP contribution in [-0.2, 0) is 19.4 Å². The summed E-state index contributed by atoms with van der Waals surface area (Å²) in [6.45, 7) is 4.12. The first-order valence-electron chi connectivity index (χ1n) is 11.3. The van der Waals surface area contributed by atoms with Gasteiger partial charge in [-0.2, -0.15) is 0 Å². The maximum atomic E-state index is 12.4. The Morgan fingerprint density at radius 1 is 1.03 bits per heavy atom. The average molecular weight is 506 g/mol. The number of imidazole rings is 1. The summed E-state index contributed by atoms with van der Waals surface area (Å²) in [5.41, 5.74) is 4.04. The van der Waals surface area contributed by atoms with Crippen molar-refractivity contribution in [3.63, 3.8) is 0 Å². The third-order valence-corrected chi connectivity index (χ3v) is 6.13. The molecule has 3 aromatic carbocycles. The van der Waals surface area contributed by atoms with E-state index in [1.165, 1.54) is 5.56 Å². The van der Waals surface area contributed by atoms with Gasteiger partial charge in [-0.3, -0.25) is 4.79 Å². The van der Waals surface area contributed by atoms with Crippen LogP contribution < -0.4 is 10.1 Å². The second kappa shape index (κ2) is 11.1. The van der Waals surface area contributed by atoms with Gasteiger partial charge < -0.3 is 14.6 Å². The van der Waals surface area contributed by atoms with Crippen LogP contribution in [0.15, 0.2) is 77.3 Å². The number of fused-ring (bicyclic) bond motifs is 1. The summed E-state index contributed by atoms with van der Waals surface area (Å²) >= 11 is 3.40. The SMILES string of the molecule is CCc1ccc(OCCCn2c(CCNC(=O)c3ccc(Br)cc3)nc3ccccc32)cc1. The fourth-order valence-electron chi connectivity index (χ4n) is 3.79. The van der Waals surface area contributed by atoms with E-state index in [0.717, 1.165) is 46.5 Å². The van der Waals surface area contributed by atoms with Crippen molar-refractivity contribution in [1.29, 1.82) is 0 Å². The van der Waals surface area contributed by atoms with Gasteiger partial charge in [0.2, 0.25) is 0 Å². The quantitative estimate of drug-likeness (QED) is 0.277. The zero-order valence-corrected chi connectivity index (χ0v) is 20.3. The number of para-hydroxylation sites is 2. The van der Waals surface area contributed by atoms with E-state index in [0.29, 0.717) is 25.1 Å². The number of hydrogen-bond donors (Lipinski definition) is 1. The molecular weight excluding hydrogens is 478 g/mol. The van der Waals surface area contributed by atoms with Gasteiger partial charge in [-0.05, 0) is 66.9 Å². The number of carbonyl (C=O) groups is 1. The summed E-state index contributed by atoms with van der Waals surface area (Å²) in [5.74, 6) is 1.80. The Bertz CT molecular complexity index is 1200. The Labute approximate surface area is 202 Å². The summed E-state index contributed by atoms with van der Waals surface area (Å²) in [6.07, 6.45) is 2.56. The summed E-state index contributed by atoms with van der Waals surface area (Å²) < 4.78 is 9.13. The van der Waals surface area contributed by atoms with Crippen LogP contribution in [0.4, 0.5) is 0 Å². The van der Waals surface area contributed by atoms with E-state index in [9.17, 15) is 4.79 Å². The van der Waals surface area contributed by atoms with E-state index >= 15 is 0 Å². The molecule has 1 N–H and O–H groups in total. The van der Waals surface area contributed by atoms with Crippen LogP contribution in [0.2, 0.25) is 0 Å². The van der Waals surface area contributed by atoms with Crippen molar-refractivity contribution in [3.05, 3.63) is 94.2 Å². The zero-order valence-electron chi connectivity index (χ0n) is 18.8. The fraction of sp³-hybridized carbons (Fsp3) is 0.259. The second-order valence-corrected chi connectivity index (χ2v) is 8.80.